The summed E-state index contributed by atoms with van der Waals surface area (Å²) < 4.78 is 0. The molecule has 24 heavy (non-hydrogen) atoms. The largest absolute Gasteiger partial charge is 0.393 e. The average molecular weight is 403 g/mol. The Morgan fingerprint density at radius 2 is 1.83 bits per heavy atom. The van der Waals surface area contributed by atoms with Crippen molar-refractivity contribution in [2.24, 2.45) is 22.7 Å². The number of rotatable bonds is 5. The molecule has 0 heterocycles. The van der Waals surface area contributed by atoms with E-state index in [-0.39, 0.29) is 23.4 Å². The first kappa shape index (κ1) is 20.4. The highest BCUT2D eigenvalue weighted by molar-refractivity contribution is 9.09. The quantitative estimate of drug-likeness (QED) is 0.480. The number of halogens is 1. The fraction of sp³-hybridized carbons (Fsp3) is 0.900. The Morgan fingerprint density at radius 1 is 1.21 bits per heavy atom. The standard InChI is InChI=1S/C20H35BrO3/c1-13(14(23)12-22)6-7-16-19(4)10-9-17(21)18(2,3)15(19)8-11-20(16,5)24/h14-17,22-24H,1,6-12H2,2-5H3/t14-,15-,16+,17-,19+,20-/m1/s1. The highest BCUT2D eigenvalue weighted by Gasteiger charge is 2.59. The Bertz CT molecular complexity index is 474. The Balaban J connectivity index is 2.24. The van der Waals surface area contributed by atoms with E-state index in [4.69, 9.17) is 5.11 Å². The van der Waals surface area contributed by atoms with Crippen molar-refractivity contribution < 1.29 is 15.3 Å². The first-order valence-corrected chi connectivity index (χ1v) is 10.2. The summed E-state index contributed by atoms with van der Waals surface area (Å²) in [5, 5.41) is 30.0. The third-order valence-corrected chi connectivity index (χ3v) is 8.96. The van der Waals surface area contributed by atoms with Gasteiger partial charge in [-0.1, -0.05) is 43.3 Å². The molecular formula is C20H35BrO3. The maximum Gasteiger partial charge on any atom is 0.0978 e. The van der Waals surface area contributed by atoms with Gasteiger partial charge in [0.1, 0.15) is 0 Å². The molecule has 2 rings (SSSR count). The van der Waals surface area contributed by atoms with Gasteiger partial charge in [0, 0.05) is 4.83 Å². The lowest BCUT2D eigenvalue weighted by Gasteiger charge is -2.62. The molecule has 0 unspecified atom stereocenters. The van der Waals surface area contributed by atoms with Crippen LogP contribution < -0.4 is 0 Å². The number of aliphatic hydroxyl groups is 3. The molecular weight excluding hydrogens is 368 g/mol. The Morgan fingerprint density at radius 3 is 2.42 bits per heavy atom. The van der Waals surface area contributed by atoms with Crippen LogP contribution in [0.1, 0.15) is 66.2 Å². The van der Waals surface area contributed by atoms with Crippen molar-refractivity contribution in [1.82, 2.24) is 0 Å². The molecule has 0 bridgehead atoms. The molecule has 2 aliphatic rings. The lowest BCUT2D eigenvalue weighted by atomic mass is 9.45. The SMILES string of the molecule is C=C(CC[C@H]1[C@@]2(C)CC[C@@H](Br)C(C)(C)[C@H]2CC[C@@]1(C)O)[C@H](O)CO. The van der Waals surface area contributed by atoms with E-state index < -0.39 is 11.7 Å². The van der Waals surface area contributed by atoms with Gasteiger partial charge in [0.05, 0.1) is 18.3 Å². The average Bonchev–Trinajstić information content (AvgIpc) is 2.49. The van der Waals surface area contributed by atoms with E-state index in [1.54, 1.807) is 0 Å². The van der Waals surface area contributed by atoms with E-state index in [1.807, 2.05) is 6.92 Å². The van der Waals surface area contributed by atoms with Crippen molar-refractivity contribution in [2.75, 3.05) is 6.61 Å². The van der Waals surface area contributed by atoms with E-state index in [9.17, 15) is 10.2 Å². The van der Waals surface area contributed by atoms with Gasteiger partial charge >= 0.3 is 0 Å². The normalized spacial score (nSPS) is 43.1. The zero-order chi connectivity index (χ0) is 18.3. The topological polar surface area (TPSA) is 60.7 Å². The van der Waals surface area contributed by atoms with E-state index in [2.05, 4.69) is 43.3 Å². The summed E-state index contributed by atoms with van der Waals surface area (Å²) in [5.74, 6) is 0.759. The van der Waals surface area contributed by atoms with Gasteiger partial charge in [-0.25, -0.2) is 0 Å². The predicted molar refractivity (Wildman–Crippen MR) is 102 cm³/mol. The van der Waals surface area contributed by atoms with E-state index >= 15 is 0 Å². The summed E-state index contributed by atoms with van der Waals surface area (Å²) >= 11 is 3.90. The highest BCUT2D eigenvalue weighted by Crippen LogP contribution is 2.64. The van der Waals surface area contributed by atoms with Gasteiger partial charge in [-0.15, -0.1) is 0 Å². The summed E-state index contributed by atoms with van der Waals surface area (Å²) in [6.07, 6.45) is 4.77. The molecule has 3 N–H and O–H groups in total. The molecule has 0 aliphatic heterocycles. The van der Waals surface area contributed by atoms with Crippen molar-refractivity contribution in [1.29, 1.82) is 0 Å². The molecule has 2 saturated carbocycles. The number of fused-ring (bicyclic) bond motifs is 1. The molecule has 0 spiro atoms. The third-order valence-electron chi connectivity index (χ3n) is 7.32. The van der Waals surface area contributed by atoms with E-state index in [1.165, 1.54) is 0 Å². The zero-order valence-electron chi connectivity index (χ0n) is 15.7. The van der Waals surface area contributed by atoms with Crippen LogP contribution in [0.4, 0.5) is 0 Å². The van der Waals surface area contributed by atoms with Crippen molar-refractivity contribution >= 4 is 15.9 Å². The number of aliphatic hydroxyl groups excluding tert-OH is 2. The van der Waals surface area contributed by atoms with Crippen LogP contribution >= 0.6 is 15.9 Å². The lowest BCUT2D eigenvalue weighted by molar-refractivity contribution is -0.166. The maximum absolute atomic E-state index is 11.1. The Labute approximate surface area is 155 Å². The van der Waals surface area contributed by atoms with Gasteiger partial charge in [0.15, 0.2) is 0 Å². The van der Waals surface area contributed by atoms with Gasteiger partial charge < -0.3 is 15.3 Å². The van der Waals surface area contributed by atoms with Gasteiger partial charge in [-0.3, -0.25) is 0 Å². The lowest BCUT2D eigenvalue weighted by Crippen LogP contribution is -2.59. The van der Waals surface area contributed by atoms with Crippen LogP contribution in [0, 0.1) is 22.7 Å². The molecule has 6 atom stereocenters. The summed E-state index contributed by atoms with van der Waals surface area (Å²) in [7, 11) is 0. The minimum atomic E-state index is -0.850. The van der Waals surface area contributed by atoms with Crippen LogP contribution in [0.3, 0.4) is 0 Å². The molecule has 0 aromatic heterocycles. The Kier molecular flexibility index (Phi) is 5.97. The monoisotopic (exact) mass is 402 g/mol. The van der Waals surface area contributed by atoms with Gasteiger partial charge in [0.25, 0.3) is 0 Å². The number of hydrogen-bond acceptors (Lipinski definition) is 3. The third kappa shape index (κ3) is 3.49. The molecule has 2 aliphatic carbocycles. The van der Waals surface area contributed by atoms with Gasteiger partial charge in [0.2, 0.25) is 0 Å². The second-order valence-electron chi connectivity index (χ2n) is 9.23. The van der Waals surface area contributed by atoms with Crippen LogP contribution in [-0.2, 0) is 0 Å². The van der Waals surface area contributed by atoms with Crippen LogP contribution in [0.2, 0.25) is 0 Å². The predicted octanol–water partition coefficient (Wildman–Crippen LogP) is 4.04. The first-order valence-electron chi connectivity index (χ1n) is 9.30. The van der Waals surface area contributed by atoms with Crippen molar-refractivity contribution in [2.45, 2.75) is 82.8 Å². The fourth-order valence-electron chi connectivity index (χ4n) is 5.76. The van der Waals surface area contributed by atoms with Crippen LogP contribution in [0.15, 0.2) is 12.2 Å². The molecule has 4 heteroatoms. The Hall–Kier alpha value is 0.1000. The summed E-state index contributed by atoms with van der Waals surface area (Å²) in [6.45, 7) is 12.7. The first-order chi connectivity index (χ1) is 11.0. The molecule has 0 radical (unpaired) electrons. The van der Waals surface area contributed by atoms with Gasteiger partial charge in [-0.05, 0) is 73.7 Å². The zero-order valence-corrected chi connectivity index (χ0v) is 17.3. The van der Waals surface area contributed by atoms with Crippen molar-refractivity contribution in [3.8, 4) is 0 Å². The minimum Gasteiger partial charge on any atom is -0.393 e. The second-order valence-corrected chi connectivity index (χ2v) is 10.3. The number of hydrogen-bond donors (Lipinski definition) is 3. The van der Waals surface area contributed by atoms with Crippen LogP contribution in [0.25, 0.3) is 0 Å². The molecule has 2 fully saturated rings. The van der Waals surface area contributed by atoms with Crippen LogP contribution in [-0.4, -0.2) is 38.5 Å². The molecule has 0 amide bonds. The summed E-state index contributed by atoms with van der Waals surface area (Å²) in [4.78, 5) is 0.526. The van der Waals surface area contributed by atoms with Crippen molar-refractivity contribution in [3.63, 3.8) is 0 Å². The minimum absolute atomic E-state index is 0.0972. The van der Waals surface area contributed by atoms with Crippen LogP contribution in [0.5, 0.6) is 0 Å². The van der Waals surface area contributed by atoms with Crippen molar-refractivity contribution in [3.05, 3.63) is 12.2 Å². The smallest absolute Gasteiger partial charge is 0.0978 e. The number of alkyl halides is 1. The summed E-state index contributed by atoms with van der Waals surface area (Å²) in [5.41, 5.74) is 0.307. The van der Waals surface area contributed by atoms with E-state index in [0.717, 1.165) is 32.1 Å². The second kappa shape index (κ2) is 7.02. The molecule has 0 saturated heterocycles. The molecule has 0 aromatic carbocycles. The highest BCUT2D eigenvalue weighted by atomic mass is 79.9. The maximum atomic E-state index is 11.1. The van der Waals surface area contributed by atoms with E-state index in [0.29, 0.717) is 22.7 Å². The fourth-order valence-corrected chi connectivity index (χ4v) is 6.31. The summed E-state index contributed by atoms with van der Waals surface area (Å²) in [6, 6.07) is 0. The molecule has 140 valence electrons. The molecule has 0 aromatic rings. The molecule has 3 nitrogen and oxygen atoms in total. The van der Waals surface area contributed by atoms with Gasteiger partial charge in [-0.2, -0.15) is 0 Å².